The molecule has 0 heterocycles. The Hall–Kier alpha value is -1.84. The van der Waals surface area contributed by atoms with Crippen LogP contribution in [0, 0.1) is 18.8 Å². The van der Waals surface area contributed by atoms with Crippen molar-refractivity contribution >= 4 is 17.5 Å². The Morgan fingerprint density at radius 2 is 2.00 bits per heavy atom. The molecule has 1 aliphatic carbocycles. The highest BCUT2D eigenvalue weighted by Crippen LogP contribution is 2.41. The van der Waals surface area contributed by atoms with Crippen molar-refractivity contribution in [1.82, 2.24) is 5.32 Å². The molecule has 2 unspecified atom stereocenters. The second-order valence-electron chi connectivity index (χ2n) is 6.37. The van der Waals surface area contributed by atoms with Gasteiger partial charge in [0.05, 0.1) is 11.8 Å². The van der Waals surface area contributed by atoms with Crippen molar-refractivity contribution in [3.8, 4) is 0 Å². The van der Waals surface area contributed by atoms with Crippen LogP contribution in [0.25, 0.3) is 0 Å². The number of anilines is 1. The van der Waals surface area contributed by atoms with Crippen LogP contribution in [0.3, 0.4) is 0 Å². The maximum Gasteiger partial charge on any atom is 0.230 e. The molecular weight excluding hydrogens is 288 g/mol. The van der Waals surface area contributed by atoms with E-state index in [0.717, 1.165) is 37.1 Å². The molecular formula is C19H28N2O2. The van der Waals surface area contributed by atoms with Gasteiger partial charge in [-0.25, -0.2) is 0 Å². The number of unbranched alkanes of at least 4 members (excludes halogenated alkanes) is 2. The molecule has 0 bridgehead atoms. The van der Waals surface area contributed by atoms with Crippen molar-refractivity contribution in [1.29, 1.82) is 0 Å². The lowest BCUT2D eigenvalue weighted by Gasteiger charge is -2.21. The summed E-state index contributed by atoms with van der Waals surface area (Å²) in [6.07, 6.45) is 3.96. The number of benzene rings is 1. The van der Waals surface area contributed by atoms with Crippen LogP contribution in [0.2, 0.25) is 0 Å². The highest BCUT2D eigenvalue weighted by Gasteiger charge is 2.49. The van der Waals surface area contributed by atoms with Gasteiger partial charge < -0.3 is 10.2 Å². The number of carbonyl (C=O) groups excluding carboxylic acids is 2. The smallest absolute Gasteiger partial charge is 0.230 e. The van der Waals surface area contributed by atoms with Gasteiger partial charge in [-0.05, 0) is 44.4 Å². The third kappa shape index (κ3) is 4.57. The molecule has 0 radical (unpaired) electrons. The predicted molar refractivity (Wildman–Crippen MR) is 93.3 cm³/mol. The highest BCUT2D eigenvalue weighted by atomic mass is 16.2. The van der Waals surface area contributed by atoms with Crippen molar-refractivity contribution in [3.05, 3.63) is 29.8 Å². The van der Waals surface area contributed by atoms with Crippen LogP contribution in [0.4, 0.5) is 5.69 Å². The van der Waals surface area contributed by atoms with Gasteiger partial charge in [-0.3, -0.25) is 9.59 Å². The van der Waals surface area contributed by atoms with Crippen LogP contribution in [0.15, 0.2) is 24.3 Å². The van der Waals surface area contributed by atoms with Crippen molar-refractivity contribution in [2.75, 3.05) is 18.0 Å². The third-order valence-electron chi connectivity index (χ3n) is 4.42. The average Bonchev–Trinajstić information content (AvgIpc) is 3.33. The minimum absolute atomic E-state index is 0.0414. The quantitative estimate of drug-likeness (QED) is 0.748. The summed E-state index contributed by atoms with van der Waals surface area (Å²) < 4.78 is 0. The van der Waals surface area contributed by atoms with E-state index in [4.69, 9.17) is 0 Å². The van der Waals surface area contributed by atoms with Crippen molar-refractivity contribution in [2.24, 2.45) is 11.8 Å². The standard InChI is InChI=1S/C19H28N2O2/c1-4-6-7-11-20-18(22)16-13-17(16)19(23)21(5-2)15-10-8-9-14(3)12-15/h8-10,12,16-17H,4-7,11,13H2,1-3H3,(H,20,22). The number of nitrogens with zero attached hydrogens (tertiary/aromatic N) is 1. The molecule has 1 saturated carbocycles. The topological polar surface area (TPSA) is 49.4 Å². The molecule has 1 aromatic carbocycles. The van der Waals surface area contributed by atoms with E-state index in [9.17, 15) is 9.59 Å². The number of nitrogens with one attached hydrogen (secondary N) is 1. The molecule has 0 aliphatic heterocycles. The Bertz CT molecular complexity index is 556. The molecule has 4 nitrogen and oxygen atoms in total. The SMILES string of the molecule is CCCCCNC(=O)C1CC1C(=O)N(CC)c1cccc(C)c1. The van der Waals surface area contributed by atoms with E-state index in [0.29, 0.717) is 13.0 Å². The molecule has 1 aliphatic rings. The van der Waals surface area contributed by atoms with Crippen molar-refractivity contribution in [3.63, 3.8) is 0 Å². The van der Waals surface area contributed by atoms with E-state index in [1.54, 1.807) is 4.90 Å². The fourth-order valence-electron chi connectivity index (χ4n) is 2.94. The largest absolute Gasteiger partial charge is 0.356 e. The van der Waals surface area contributed by atoms with Crippen LogP contribution in [-0.4, -0.2) is 24.9 Å². The normalized spacial score (nSPS) is 19.3. The molecule has 126 valence electrons. The fourth-order valence-corrected chi connectivity index (χ4v) is 2.94. The van der Waals surface area contributed by atoms with Crippen LogP contribution in [0.5, 0.6) is 0 Å². The maximum atomic E-state index is 12.7. The van der Waals surface area contributed by atoms with Gasteiger partial charge >= 0.3 is 0 Å². The number of carbonyl (C=O) groups is 2. The van der Waals surface area contributed by atoms with Crippen LogP contribution < -0.4 is 10.2 Å². The first-order valence-electron chi connectivity index (χ1n) is 8.74. The predicted octanol–water partition coefficient (Wildman–Crippen LogP) is 3.29. The van der Waals surface area contributed by atoms with Gasteiger partial charge in [-0.2, -0.15) is 0 Å². The number of aryl methyl sites for hydroxylation is 1. The summed E-state index contributed by atoms with van der Waals surface area (Å²) in [5, 5.41) is 2.96. The summed E-state index contributed by atoms with van der Waals surface area (Å²) in [5.41, 5.74) is 2.06. The number of hydrogen-bond donors (Lipinski definition) is 1. The molecule has 1 N–H and O–H groups in total. The zero-order chi connectivity index (χ0) is 16.8. The van der Waals surface area contributed by atoms with E-state index < -0.39 is 0 Å². The van der Waals surface area contributed by atoms with Gasteiger partial charge in [-0.1, -0.05) is 31.9 Å². The van der Waals surface area contributed by atoms with Gasteiger partial charge in [0.2, 0.25) is 11.8 Å². The monoisotopic (exact) mass is 316 g/mol. The van der Waals surface area contributed by atoms with Crippen LogP contribution >= 0.6 is 0 Å². The zero-order valence-electron chi connectivity index (χ0n) is 14.5. The van der Waals surface area contributed by atoms with E-state index in [-0.39, 0.29) is 23.7 Å². The summed E-state index contributed by atoms with van der Waals surface area (Å²) in [4.78, 5) is 26.6. The summed E-state index contributed by atoms with van der Waals surface area (Å²) in [7, 11) is 0. The molecule has 2 rings (SSSR count). The van der Waals surface area contributed by atoms with Gasteiger partial charge in [0.25, 0.3) is 0 Å². The Labute approximate surface area is 139 Å². The first-order chi connectivity index (χ1) is 11.1. The molecule has 0 saturated heterocycles. The molecule has 0 spiro atoms. The van der Waals surface area contributed by atoms with E-state index in [1.807, 2.05) is 38.1 Å². The Morgan fingerprint density at radius 3 is 2.65 bits per heavy atom. The molecule has 1 aromatic rings. The maximum absolute atomic E-state index is 12.7. The summed E-state index contributed by atoms with van der Waals surface area (Å²) in [6.45, 7) is 7.49. The molecule has 23 heavy (non-hydrogen) atoms. The molecule has 4 heteroatoms. The highest BCUT2D eigenvalue weighted by molar-refractivity contribution is 6.01. The number of hydrogen-bond acceptors (Lipinski definition) is 2. The van der Waals surface area contributed by atoms with Gasteiger partial charge in [0.15, 0.2) is 0 Å². The minimum Gasteiger partial charge on any atom is -0.356 e. The molecule has 2 amide bonds. The second-order valence-corrected chi connectivity index (χ2v) is 6.37. The zero-order valence-corrected chi connectivity index (χ0v) is 14.5. The summed E-state index contributed by atoms with van der Waals surface area (Å²) in [6, 6.07) is 7.96. The summed E-state index contributed by atoms with van der Waals surface area (Å²) >= 11 is 0. The van der Waals surface area contributed by atoms with Gasteiger partial charge in [0.1, 0.15) is 0 Å². The Morgan fingerprint density at radius 1 is 1.22 bits per heavy atom. The van der Waals surface area contributed by atoms with Crippen molar-refractivity contribution < 1.29 is 9.59 Å². The lowest BCUT2D eigenvalue weighted by molar-refractivity contribution is -0.126. The van der Waals surface area contributed by atoms with Crippen molar-refractivity contribution in [2.45, 2.75) is 46.5 Å². The van der Waals surface area contributed by atoms with Gasteiger partial charge in [-0.15, -0.1) is 0 Å². The lowest BCUT2D eigenvalue weighted by atomic mass is 10.2. The van der Waals surface area contributed by atoms with Crippen LogP contribution in [0.1, 0.15) is 45.1 Å². The second kappa shape index (κ2) is 8.14. The van der Waals surface area contributed by atoms with E-state index >= 15 is 0 Å². The third-order valence-corrected chi connectivity index (χ3v) is 4.42. The summed E-state index contributed by atoms with van der Waals surface area (Å²) in [5.74, 6) is -0.170. The first-order valence-corrected chi connectivity index (χ1v) is 8.74. The molecule has 0 aromatic heterocycles. The van der Waals surface area contributed by atoms with Gasteiger partial charge in [0, 0.05) is 18.8 Å². The lowest BCUT2D eigenvalue weighted by Crippen LogP contribution is -2.34. The Balaban J connectivity index is 1.89. The Kier molecular flexibility index (Phi) is 6.20. The van der Waals surface area contributed by atoms with E-state index in [1.165, 1.54) is 0 Å². The number of amides is 2. The van der Waals surface area contributed by atoms with E-state index in [2.05, 4.69) is 12.2 Å². The first kappa shape index (κ1) is 17.5. The fraction of sp³-hybridized carbons (Fsp3) is 0.579. The minimum atomic E-state index is -0.151. The molecule has 2 atom stereocenters. The number of rotatable bonds is 8. The average molecular weight is 316 g/mol. The van der Waals surface area contributed by atoms with Crippen LogP contribution in [-0.2, 0) is 9.59 Å². The molecule has 1 fully saturated rings.